The highest BCUT2D eigenvalue weighted by Gasteiger charge is 2.51. The molecule has 0 aromatic carbocycles. The number of rotatable bonds is 8. The van der Waals surface area contributed by atoms with E-state index >= 15 is 0 Å². The van der Waals surface area contributed by atoms with Crippen LogP contribution in [0.4, 0.5) is 0 Å². The van der Waals surface area contributed by atoms with Gasteiger partial charge in [0, 0.05) is 0 Å². The van der Waals surface area contributed by atoms with Gasteiger partial charge in [0.15, 0.2) is 12.2 Å². The lowest BCUT2D eigenvalue weighted by Crippen LogP contribution is -2.35. The fraction of sp³-hybridized carbons (Fsp3) is 0.667. The molecular weight excluding hydrogens is 402 g/mol. The van der Waals surface area contributed by atoms with Gasteiger partial charge in [-0.25, -0.2) is 0 Å². The first-order valence-electron chi connectivity index (χ1n) is 9.44. The van der Waals surface area contributed by atoms with Crippen molar-refractivity contribution in [2.24, 2.45) is 0 Å². The molecule has 2 aliphatic heterocycles. The third-order valence-corrected chi connectivity index (χ3v) is 4.95. The summed E-state index contributed by atoms with van der Waals surface area (Å²) < 4.78 is 21.3. The van der Waals surface area contributed by atoms with Gasteiger partial charge >= 0.3 is 11.9 Å². The molecule has 2 fully saturated rings. The first kappa shape index (κ1) is 21.8. The van der Waals surface area contributed by atoms with Crippen molar-refractivity contribution >= 4 is 11.9 Å². The highest BCUT2D eigenvalue weighted by Crippen LogP contribution is 2.30. The van der Waals surface area contributed by atoms with E-state index in [2.05, 4.69) is 14.8 Å². The molecule has 0 aliphatic carbocycles. The third-order valence-electron chi connectivity index (χ3n) is 4.95. The molecule has 4 atom stereocenters. The van der Waals surface area contributed by atoms with Crippen molar-refractivity contribution in [1.82, 2.24) is 9.97 Å². The highest BCUT2D eigenvalue weighted by atomic mass is 17.0. The van der Waals surface area contributed by atoms with Gasteiger partial charge in [0.1, 0.15) is 18.8 Å². The van der Waals surface area contributed by atoms with E-state index < -0.39 is 41.4 Å². The summed E-state index contributed by atoms with van der Waals surface area (Å²) in [5.74, 6) is -1.19. The zero-order valence-electron chi connectivity index (χ0n) is 16.9. The number of carbonyl (C=O) groups is 2. The van der Waals surface area contributed by atoms with Crippen molar-refractivity contribution in [2.75, 3.05) is 13.2 Å². The Bertz CT molecular complexity index is 831. The molecule has 3 heterocycles. The molecule has 30 heavy (non-hydrogen) atoms. The summed E-state index contributed by atoms with van der Waals surface area (Å²) in [5.41, 5.74) is 2.81. The summed E-state index contributed by atoms with van der Waals surface area (Å²) >= 11 is 0. The van der Waals surface area contributed by atoms with Gasteiger partial charge in [0.05, 0.1) is 48.8 Å². The quantitative estimate of drug-likeness (QED) is 0.326. The molecule has 12 nitrogen and oxygen atoms in total. The number of esters is 2. The van der Waals surface area contributed by atoms with Gasteiger partial charge in [0.2, 0.25) is 0 Å². The van der Waals surface area contributed by atoms with E-state index in [-0.39, 0.29) is 32.7 Å². The van der Waals surface area contributed by atoms with Crippen molar-refractivity contribution in [3.05, 3.63) is 32.9 Å². The van der Waals surface area contributed by atoms with Gasteiger partial charge in [-0.1, -0.05) is 0 Å². The number of hydrogen-bond acceptors (Lipinski definition) is 11. The standard InChI is InChI=1S/C18H23N3O9/c1-9-10(2)20-12(11(3)19-9)6-26-15(22)4-5-16(23)29-13-7-27-18-14(30-21(24)25)8-28-17(13)18/h13-14,17-18H,4-8H2,1-3H3. The molecule has 4 unspecified atom stereocenters. The number of fused-ring (bicyclic) bond motifs is 1. The minimum atomic E-state index is -0.907. The molecular formula is C18H23N3O9. The first-order chi connectivity index (χ1) is 14.2. The first-order valence-corrected chi connectivity index (χ1v) is 9.44. The van der Waals surface area contributed by atoms with E-state index in [1.165, 1.54) is 0 Å². The van der Waals surface area contributed by atoms with Crippen LogP contribution < -0.4 is 0 Å². The second kappa shape index (κ2) is 9.30. The summed E-state index contributed by atoms with van der Waals surface area (Å²) in [4.78, 5) is 47.7. The second-order valence-electron chi connectivity index (χ2n) is 7.08. The molecule has 2 aliphatic rings. The smallest absolute Gasteiger partial charge is 0.306 e. The summed E-state index contributed by atoms with van der Waals surface area (Å²) in [6.45, 7) is 5.43. The van der Waals surface area contributed by atoms with Gasteiger partial charge < -0.3 is 23.8 Å². The van der Waals surface area contributed by atoms with Crippen LogP contribution in [-0.2, 0) is 40.0 Å². The minimum Gasteiger partial charge on any atom is -0.459 e. The van der Waals surface area contributed by atoms with Crippen molar-refractivity contribution in [3.8, 4) is 0 Å². The zero-order valence-corrected chi connectivity index (χ0v) is 16.9. The molecule has 1 aromatic heterocycles. The maximum absolute atomic E-state index is 12.1. The maximum atomic E-state index is 12.1. The average molecular weight is 425 g/mol. The number of ether oxygens (including phenoxy) is 4. The number of carbonyl (C=O) groups excluding carboxylic acids is 2. The Morgan fingerprint density at radius 1 is 1.00 bits per heavy atom. The van der Waals surface area contributed by atoms with Gasteiger partial charge in [0.25, 0.3) is 5.09 Å². The van der Waals surface area contributed by atoms with E-state index in [0.29, 0.717) is 11.4 Å². The molecule has 0 N–H and O–H groups in total. The van der Waals surface area contributed by atoms with Crippen LogP contribution in [0, 0.1) is 30.9 Å². The molecule has 12 heteroatoms. The summed E-state index contributed by atoms with van der Waals surface area (Å²) in [5, 5.41) is 9.57. The van der Waals surface area contributed by atoms with Crippen LogP contribution in [-0.4, -0.2) is 64.6 Å². The molecule has 1 aromatic rings. The van der Waals surface area contributed by atoms with Gasteiger partial charge in [-0.05, 0) is 20.8 Å². The van der Waals surface area contributed by atoms with E-state index in [4.69, 9.17) is 18.9 Å². The highest BCUT2D eigenvalue weighted by molar-refractivity contribution is 5.77. The van der Waals surface area contributed by atoms with Gasteiger partial charge in [-0.3, -0.25) is 19.6 Å². The summed E-state index contributed by atoms with van der Waals surface area (Å²) in [7, 11) is 0. The Labute approximate surface area is 171 Å². The van der Waals surface area contributed by atoms with Crippen LogP contribution in [0.15, 0.2) is 0 Å². The number of nitrogens with zero attached hydrogens (tertiary/aromatic N) is 3. The molecule has 0 amide bonds. The van der Waals surface area contributed by atoms with Crippen LogP contribution in [0.1, 0.15) is 35.6 Å². The number of hydrogen-bond donors (Lipinski definition) is 0. The SMILES string of the molecule is Cc1nc(C)c(COC(=O)CCC(=O)OC2COC3C(O[N+](=O)[O-])COC23)nc1C. The van der Waals surface area contributed by atoms with E-state index in [9.17, 15) is 19.7 Å². The van der Waals surface area contributed by atoms with Gasteiger partial charge in [-0.2, -0.15) is 0 Å². The van der Waals surface area contributed by atoms with Crippen LogP contribution in [0.5, 0.6) is 0 Å². The molecule has 3 rings (SSSR count). The lowest BCUT2D eigenvalue weighted by Gasteiger charge is -2.16. The predicted octanol–water partition coefficient (Wildman–Crippen LogP) is 0.512. The second-order valence-corrected chi connectivity index (χ2v) is 7.08. The average Bonchev–Trinajstić information content (AvgIpc) is 3.25. The lowest BCUT2D eigenvalue weighted by atomic mass is 10.1. The van der Waals surface area contributed by atoms with Crippen LogP contribution in [0.3, 0.4) is 0 Å². The molecule has 0 spiro atoms. The molecule has 0 bridgehead atoms. The van der Waals surface area contributed by atoms with Crippen LogP contribution in [0.25, 0.3) is 0 Å². The normalized spacial score (nSPS) is 24.9. The molecule has 0 radical (unpaired) electrons. The Kier molecular flexibility index (Phi) is 6.77. The summed E-state index contributed by atoms with van der Waals surface area (Å²) in [6, 6.07) is 0. The fourth-order valence-corrected chi connectivity index (χ4v) is 3.28. The van der Waals surface area contributed by atoms with E-state index in [1.54, 1.807) is 6.92 Å². The van der Waals surface area contributed by atoms with Crippen LogP contribution >= 0.6 is 0 Å². The summed E-state index contributed by atoms with van der Waals surface area (Å²) in [6.07, 6.45) is -3.24. The molecule has 2 saturated heterocycles. The monoisotopic (exact) mass is 425 g/mol. The van der Waals surface area contributed by atoms with Crippen molar-refractivity contribution < 1.29 is 38.5 Å². The largest absolute Gasteiger partial charge is 0.459 e. The fourth-order valence-electron chi connectivity index (χ4n) is 3.28. The van der Waals surface area contributed by atoms with Crippen molar-refractivity contribution in [1.29, 1.82) is 0 Å². The molecule has 0 saturated carbocycles. The Balaban J connectivity index is 1.40. The van der Waals surface area contributed by atoms with E-state index in [0.717, 1.165) is 11.4 Å². The third kappa shape index (κ3) is 5.19. The zero-order chi connectivity index (χ0) is 21.8. The van der Waals surface area contributed by atoms with E-state index in [1.807, 2.05) is 13.8 Å². The Morgan fingerprint density at radius 3 is 2.30 bits per heavy atom. The number of aromatic nitrogens is 2. The topological polar surface area (TPSA) is 149 Å². The van der Waals surface area contributed by atoms with Gasteiger partial charge in [-0.15, -0.1) is 10.1 Å². The van der Waals surface area contributed by atoms with Crippen molar-refractivity contribution in [2.45, 2.75) is 64.6 Å². The molecule has 164 valence electrons. The minimum absolute atomic E-state index is 0.0280. The van der Waals surface area contributed by atoms with Crippen molar-refractivity contribution in [3.63, 3.8) is 0 Å². The maximum Gasteiger partial charge on any atom is 0.306 e. The Hall–Kier alpha value is -2.86. The Morgan fingerprint density at radius 2 is 1.60 bits per heavy atom. The predicted molar refractivity (Wildman–Crippen MR) is 96.5 cm³/mol. The number of aryl methyl sites for hydroxylation is 3. The lowest BCUT2D eigenvalue weighted by molar-refractivity contribution is -0.769. The van der Waals surface area contributed by atoms with Crippen LogP contribution in [0.2, 0.25) is 0 Å².